The molecule has 1 heterocycles. The predicted octanol–water partition coefficient (Wildman–Crippen LogP) is 3.76. The van der Waals surface area contributed by atoms with Gasteiger partial charge in [0.05, 0.1) is 13.2 Å². The number of nitrogens with zero attached hydrogens (tertiary/aromatic N) is 2. The highest BCUT2D eigenvalue weighted by molar-refractivity contribution is 6.30. The van der Waals surface area contributed by atoms with Crippen LogP contribution in [-0.4, -0.2) is 37.6 Å². The quantitative estimate of drug-likeness (QED) is 0.815. The van der Waals surface area contributed by atoms with Crippen LogP contribution in [0, 0.1) is 0 Å². The molecule has 1 atom stereocenters. The molecule has 1 aliphatic heterocycles. The van der Waals surface area contributed by atoms with Gasteiger partial charge in [0.1, 0.15) is 5.75 Å². The lowest BCUT2D eigenvalue weighted by atomic mass is 10.1. The summed E-state index contributed by atoms with van der Waals surface area (Å²) in [4.78, 5) is 16.9. The zero-order valence-electron chi connectivity index (χ0n) is 14.8. The van der Waals surface area contributed by atoms with Crippen molar-refractivity contribution in [3.8, 4) is 5.75 Å². The number of hydrogen-bond acceptors (Lipinski definition) is 3. The van der Waals surface area contributed by atoms with Crippen molar-refractivity contribution in [2.24, 2.45) is 0 Å². The van der Waals surface area contributed by atoms with Crippen LogP contribution >= 0.6 is 11.6 Å². The Hall–Kier alpha value is -2.04. The van der Waals surface area contributed by atoms with Crippen LogP contribution in [0.15, 0.2) is 42.5 Å². The fraction of sp³-hybridized carbons (Fsp3) is 0.350. The zero-order valence-corrected chi connectivity index (χ0v) is 15.6. The molecule has 0 saturated heterocycles. The van der Waals surface area contributed by atoms with Crippen LogP contribution in [0.5, 0.6) is 5.75 Å². The van der Waals surface area contributed by atoms with E-state index in [0.717, 1.165) is 30.0 Å². The van der Waals surface area contributed by atoms with Crippen LogP contribution in [-0.2, 0) is 17.8 Å². The van der Waals surface area contributed by atoms with E-state index in [1.807, 2.05) is 54.1 Å². The van der Waals surface area contributed by atoms with Gasteiger partial charge in [0.25, 0.3) is 0 Å². The predicted molar refractivity (Wildman–Crippen MR) is 101 cm³/mol. The highest BCUT2D eigenvalue weighted by Gasteiger charge is 2.29. The fourth-order valence-electron chi connectivity index (χ4n) is 3.26. The summed E-state index contributed by atoms with van der Waals surface area (Å²) in [5.74, 6) is 0.899. The number of ether oxygens (including phenoxy) is 1. The van der Waals surface area contributed by atoms with Gasteiger partial charge >= 0.3 is 0 Å². The van der Waals surface area contributed by atoms with Crippen molar-refractivity contribution in [1.82, 2.24) is 4.90 Å². The van der Waals surface area contributed by atoms with E-state index in [1.54, 1.807) is 13.2 Å². The van der Waals surface area contributed by atoms with Gasteiger partial charge in [0, 0.05) is 29.4 Å². The molecule has 0 unspecified atom stereocenters. The van der Waals surface area contributed by atoms with Gasteiger partial charge in [0.2, 0.25) is 5.91 Å². The van der Waals surface area contributed by atoms with E-state index < -0.39 is 0 Å². The molecule has 1 aliphatic rings. The number of fused-ring (bicyclic) bond motifs is 1. The number of anilines is 1. The van der Waals surface area contributed by atoms with Crippen molar-refractivity contribution in [2.45, 2.75) is 25.9 Å². The Morgan fingerprint density at radius 2 is 2.08 bits per heavy atom. The van der Waals surface area contributed by atoms with Crippen LogP contribution in [0.3, 0.4) is 0 Å². The number of amides is 1. The summed E-state index contributed by atoms with van der Waals surface area (Å²) in [6.45, 7) is 3.28. The highest BCUT2D eigenvalue weighted by atomic mass is 35.5. The van der Waals surface area contributed by atoms with Crippen molar-refractivity contribution in [2.75, 3.05) is 25.6 Å². The van der Waals surface area contributed by atoms with E-state index in [1.165, 1.54) is 5.56 Å². The topological polar surface area (TPSA) is 32.8 Å². The number of likely N-dealkylation sites (N-methyl/N-ethyl adjacent to an activating group) is 1. The first-order chi connectivity index (χ1) is 12.0. The van der Waals surface area contributed by atoms with E-state index in [-0.39, 0.29) is 11.9 Å². The molecule has 0 bridgehead atoms. The maximum absolute atomic E-state index is 13.0. The number of methoxy groups -OCH3 is 1. The van der Waals surface area contributed by atoms with Gasteiger partial charge < -0.3 is 9.64 Å². The molecule has 0 aliphatic carbocycles. The highest BCUT2D eigenvalue weighted by Crippen LogP contribution is 2.29. The van der Waals surface area contributed by atoms with E-state index in [4.69, 9.17) is 16.3 Å². The van der Waals surface area contributed by atoms with Crippen molar-refractivity contribution >= 4 is 23.2 Å². The molecule has 0 aromatic heterocycles. The van der Waals surface area contributed by atoms with Crippen LogP contribution in [0.4, 0.5) is 5.69 Å². The lowest BCUT2D eigenvalue weighted by Crippen LogP contribution is -2.45. The Labute approximate surface area is 154 Å². The maximum atomic E-state index is 13.0. The second kappa shape index (κ2) is 7.46. The average Bonchev–Trinajstić information content (AvgIpc) is 3.04. The van der Waals surface area contributed by atoms with Gasteiger partial charge in [-0.25, -0.2) is 0 Å². The number of carbonyl (C=O) groups is 1. The number of para-hydroxylation sites is 1. The van der Waals surface area contributed by atoms with E-state index >= 15 is 0 Å². The maximum Gasteiger partial charge on any atom is 0.244 e. The Balaban J connectivity index is 1.74. The van der Waals surface area contributed by atoms with Gasteiger partial charge in [-0.3, -0.25) is 9.69 Å². The van der Waals surface area contributed by atoms with Crippen molar-refractivity contribution in [3.63, 3.8) is 0 Å². The molecule has 1 amide bonds. The van der Waals surface area contributed by atoms with Crippen LogP contribution in [0.25, 0.3) is 0 Å². The minimum atomic E-state index is -0.241. The van der Waals surface area contributed by atoms with Crippen molar-refractivity contribution in [3.05, 3.63) is 58.6 Å². The molecular formula is C20H23ClN2O2. The van der Waals surface area contributed by atoms with E-state index in [2.05, 4.69) is 6.07 Å². The summed E-state index contributed by atoms with van der Waals surface area (Å²) < 4.78 is 5.41. The third kappa shape index (κ3) is 3.65. The first kappa shape index (κ1) is 17.8. The van der Waals surface area contributed by atoms with Crippen LogP contribution in [0.1, 0.15) is 18.1 Å². The molecular weight excluding hydrogens is 336 g/mol. The minimum absolute atomic E-state index is 0.119. The molecule has 132 valence electrons. The van der Waals surface area contributed by atoms with Gasteiger partial charge in [-0.2, -0.15) is 0 Å². The fourth-order valence-corrected chi connectivity index (χ4v) is 3.45. The number of benzene rings is 2. The summed E-state index contributed by atoms with van der Waals surface area (Å²) >= 11 is 6.11. The normalized spacial score (nSPS) is 14.5. The minimum Gasteiger partial charge on any atom is -0.496 e. The zero-order chi connectivity index (χ0) is 18.0. The lowest BCUT2D eigenvalue weighted by molar-refractivity contribution is -0.122. The summed E-state index contributed by atoms with van der Waals surface area (Å²) in [5.41, 5.74) is 3.24. The van der Waals surface area contributed by atoms with Gasteiger partial charge in [-0.1, -0.05) is 29.8 Å². The summed E-state index contributed by atoms with van der Waals surface area (Å²) in [7, 11) is 3.59. The average molecular weight is 359 g/mol. The number of hydrogen-bond donors (Lipinski definition) is 0. The van der Waals surface area contributed by atoms with E-state index in [0.29, 0.717) is 11.6 Å². The van der Waals surface area contributed by atoms with Crippen molar-refractivity contribution in [1.29, 1.82) is 0 Å². The monoisotopic (exact) mass is 358 g/mol. The molecule has 0 N–H and O–H groups in total. The Kier molecular flexibility index (Phi) is 5.30. The Morgan fingerprint density at radius 3 is 2.84 bits per heavy atom. The second-order valence-electron chi connectivity index (χ2n) is 6.42. The molecule has 5 heteroatoms. The lowest BCUT2D eigenvalue weighted by Gasteiger charge is -2.29. The third-order valence-electron chi connectivity index (χ3n) is 4.83. The number of halogens is 1. The van der Waals surface area contributed by atoms with Crippen LogP contribution < -0.4 is 9.64 Å². The number of rotatable bonds is 5. The molecule has 2 aromatic carbocycles. The summed E-state index contributed by atoms with van der Waals surface area (Å²) in [6.07, 6.45) is 0.917. The van der Waals surface area contributed by atoms with Gasteiger partial charge in [-0.05, 0) is 50.2 Å². The number of carbonyl (C=O) groups excluding carboxylic acids is 1. The van der Waals surface area contributed by atoms with Crippen molar-refractivity contribution < 1.29 is 9.53 Å². The molecule has 25 heavy (non-hydrogen) atoms. The molecule has 0 fully saturated rings. The van der Waals surface area contributed by atoms with Gasteiger partial charge in [-0.15, -0.1) is 0 Å². The first-order valence-electron chi connectivity index (χ1n) is 8.43. The molecule has 2 aromatic rings. The summed E-state index contributed by atoms with van der Waals surface area (Å²) in [6, 6.07) is 13.4. The van der Waals surface area contributed by atoms with Crippen LogP contribution in [0.2, 0.25) is 5.02 Å². The van der Waals surface area contributed by atoms with Gasteiger partial charge in [0.15, 0.2) is 0 Å². The Morgan fingerprint density at radius 1 is 1.32 bits per heavy atom. The van der Waals surface area contributed by atoms with E-state index in [9.17, 15) is 4.79 Å². The molecule has 4 nitrogen and oxygen atoms in total. The third-order valence-corrected chi connectivity index (χ3v) is 5.07. The SMILES string of the molecule is COc1ccc(Cl)cc1CN(C)[C@H](C)C(=O)N1CCc2ccccc21. The standard InChI is InChI=1S/C20H23ClN2O2/c1-14(20(24)23-11-10-15-6-4-5-7-18(15)23)22(2)13-16-12-17(21)8-9-19(16)25-3/h4-9,12,14H,10-11,13H2,1-3H3/t14-/m1/s1. The Bertz CT molecular complexity index is 778. The molecule has 0 radical (unpaired) electrons. The summed E-state index contributed by atoms with van der Waals surface area (Å²) in [5, 5.41) is 0.664. The second-order valence-corrected chi connectivity index (χ2v) is 6.85. The smallest absolute Gasteiger partial charge is 0.244 e. The first-order valence-corrected chi connectivity index (χ1v) is 8.81. The molecule has 0 spiro atoms. The largest absolute Gasteiger partial charge is 0.496 e. The molecule has 0 saturated carbocycles. The molecule has 3 rings (SSSR count).